The van der Waals surface area contributed by atoms with Crippen LogP contribution in [0.3, 0.4) is 0 Å². The predicted octanol–water partition coefficient (Wildman–Crippen LogP) is 3.79. The van der Waals surface area contributed by atoms with E-state index in [-0.39, 0.29) is 0 Å². The largest absolute Gasteiger partial charge is 0.495 e. The molecule has 100 valence electrons. The van der Waals surface area contributed by atoms with Crippen LogP contribution in [0.15, 0.2) is 40.9 Å². The molecule has 2 rings (SSSR count). The minimum absolute atomic E-state index is 0.612. The topological polar surface area (TPSA) is 56.5 Å². The lowest BCUT2D eigenvalue weighted by Crippen LogP contribution is -1.96. The van der Waals surface area contributed by atoms with Crippen molar-refractivity contribution in [1.29, 1.82) is 0 Å². The van der Waals surface area contributed by atoms with Crippen LogP contribution in [0.1, 0.15) is 0 Å². The first-order valence-corrected chi connectivity index (χ1v) is 6.47. The minimum Gasteiger partial charge on any atom is -0.495 e. The van der Waals surface area contributed by atoms with Gasteiger partial charge in [0.1, 0.15) is 11.5 Å². The molecule has 0 saturated heterocycles. The molecule has 2 aromatic carbocycles. The summed E-state index contributed by atoms with van der Waals surface area (Å²) in [6.07, 6.45) is 0. The molecule has 2 aromatic rings. The van der Waals surface area contributed by atoms with E-state index in [2.05, 4.69) is 21.2 Å². The molecule has 5 heteroatoms. The minimum atomic E-state index is 0.612. The lowest BCUT2D eigenvalue weighted by molar-refractivity contribution is 0.412. The summed E-state index contributed by atoms with van der Waals surface area (Å²) in [5, 5.41) is 3.27. The zero-order valence-electron chi connectivity index (χ0n) is 10.7. The molecule has 0 aliphatic carbocycles. The van der Waals surface area contributed by atoms with Gasteiger partial charge in [-0.1, -0.05) is 0 Å². The molecule has 3 N–H and O–H groups in total. The highest BCUT2D eigenvalue weighted by Gasteiger charge is 2.04. The number of benzene rings is 2. The summed E-state index contributed by atoms with van der Waals surface area (Å²) in [4.78, 5) is 0. The van der Waals surface area contributed by atoms with Crippen molar-refractivity contribution in [3.05, 3.63) is 40.9 Å². The Bertz CT molecular complexity index is 536. The summed E-state index contributed by atoms with van der Waals surface area (Å²) in [7, 11) is 3.23. The standard InChI is InChI=1S/C14H15BrN2O2/c1-18-13-7-9(3-5-11(13)15)17-10-4-6-12(16)14(8-10)19-2/h3-8,17H,16H2,1-2H3. The average Bonchev–Trinajstić information content (AvgIpc) is 2.43. The highest BCUT2D eigenvalue weighted by Crippen LogP contribution is 2.31. The maximum absolute atomic E-state index is 5.78. The first-order valence-electron chi connectivity index (χ1n) is 5.68. The van der Waals surface area contributed by atoms with Crippen LogP contribution in [0, 0.1) is 0 Å². The molecule has 0 bridgehead atoms. The summed E-state index contributed by atoms with van der Waals surface area (Å²) in [5.74, 6) is 1.42. The number of halogens is 1. The van der Waals surface area contributed by atoms with Crippen molar-refractivity contribution < 1.29 is 9.47 Å². The van der Waals surface area contributed by atoms with Crippen LogP contribution in [0.2, 0.25) is 0 Å². The van der Waals surface area contributed by atoms with Crippen molar-refractivity contribution in [2.24, 2.45) is 0 Å². The third kappa shape index (κ3) is 3.12. The van der Waals surface area contributed by atoms with Gasteiger partial charge in [0.05, 0.1) is 24.4 Å². The SMILES string of the molecule is COc1cc(Nc2ccc(Br)c(OC)c2)ccc1N. The van der Waals surface area contributed by atoms with Crippen molar-refractivity contribution in [3.8, 4) is 11.5 Å². The number of hydrogen-bond donors (Lipinski definition) is 2. The number of nitrogens with one attached hydrogen (secondary N) is 1. The maximum Gasteiger partial charge on any atom is 0.143 e. The number of hydrogen-bond acceptors (Lipinski definition) is 4. The molecule has 0 spiro atoms. The van der Waals surface area contributed by atoms with Gasteiger partial charge in [0, 0.05) is 23.5 Å². The summed E-state index contributed by atoms with van der Waals surface area (Å²) < 4.78 is 11.4. The first kappa shape index (κ1) is 13.5. The molecule has 0 aromatic heterocycles. The molecular formula is C14H15BrN2O2. The van der Waals surface area contributed by atoms with E-state index >= 15 is 0 Å². The Labute approximate surface area is 120 Å². The Kier molecular flexibility index (Phi) is 4.16. The van der Waals surface area contributed by atoms with E-state index < -0.39 is 0 Å². The van der Waals surface area contributed by atoms with Gasteiger partial charge in [-0.3, -0.25) is 0 Å². The second kappa shape index (κ2) is 5.84. The Morgan fingerprint density at radius 3 is 2.16 bits per heavy atom. The third-order valence-corrected chi connectivity index (χ3v) is 3.33. The molecule has 4 nitrogen and oxygen atoms in total. The van der Waals surface area contributed by atoms with Crippen molar-refractivity contribution in [2.45, 2.75) is 0 Å². The van der Waals surface area contributed by atoms with Crippen molar-refractivity contribution >= 4 is 33.0 Å². The zero-order chi connectivity index (χ0) is 13.8. The molecule has 0 aliphatic heterocycles. The molecule has 0 heterocycles. The van der Waals surface area contributed by atoms with E-state index in [1.807, 2.05) is 30.3 Å². The van der Waals surface area contributed by atoms with Gasteiger partial charge in [0.25, 0.3) is 0 Å². The quantitative estimate of drug-likeness (QED) is 0.841. The fourth-order valence-electron chi connectivity index (χ4n) is 1.69. The fraction of sp³-hybridized carbons (Fsp3) is 0.143. The molecule has 0 saturated carbocycles. The van der Waals surface area contributed by atoms with Crippen LogP contribution in [-0.4, -0.2) is 14.2 Å². The molecule has 0 unspecified atom stereocenters. The summed E-state index contributed by atoms with van der Waals surface area (Å²) >= 11 is 3.42. The van der Waals surface area contributed by atoms with Crippen molar-refractivity contribution in [1.82, 2.24) is 0 Å². The molecule has 0 radical (unpaired) electrons. The van der Waals surface area contributed by atoms with E-state index in [1.54, 1.807) is 20.3 Å². The van der Waals surface area contributed by atoms with E-state index in [1.165, 1.54) is 0 Å². The number of ether oxygens (including phenoxy) is 2. The van der Waals surface area contributed by atoms with Crippen LogP contribution in [-0.2, 0) is 0 Å². The van der Waals surface area contributed by atoms with Crippen LogP contribution < -0.4 is 20.5 Å². The van der Waals surface area contributed by atoms with Crippen LogP contribution >= 0.6 is 15.9 Å². The monoisotopic (exact) mass is 322 g/mol. The van der Waals surface area contributed by atoms with Crippen molar-refractivity contribution in [3.63, 3.8) is 0 Å². The first-order chi connectivity index (χ1) is 9.13. The van der Waals surface area contributed by atoms with Gasteiger partial charge in [0.15, 0.2) is 0 Å². The second-order valence-corrected chi connectivity index (χ2v) is 4.79. The summed E-state index contributed by atoms with van der Waals surface area (Å²) in [6.45, 7) is 0. The Morgan fingerprint density at radius 1 is 0.947 bits per heavy atom. The van der Waals surface area contributed by atoms with E-state index in [0.29, 0.717) is 11.4 Å². The number of methoxy groups -OCH3 is 2. The highest BCUT2D eigenvalue weighted by molar-refractivity contribution is 9.10. The lowest BCUT2D eigenvalue weighted by atomic mass is 10.2. The van der Waals surface area contributed by atoms with Gasteiger partial charge in [-0.25, -0.2) is 0 Å². The second-order valence-electron chi connectivity index (χ2n) is 3.93. The van der Waals surface area contributed by atoms with E-state index in [0.717, 1.165) is 21.6 Å². The molecule has 0 atom stereocenters. The van der Waals surface area contributed by atoms with E-state index in [9.17, 15) is 0 Å². The van der Waals surface area contributed by atoms with Gasteiger partial charge in [-0.05, 0) is 40.2 Å². The fourth-order valence-corrected chi connectivity index (χ4v) is 2.10. The smallest absolute Gasteiger partial charge is 0.143 e. The molecule has 0 aliphatic rings. The Hall–Kier alpha value is -1.88. The number of rotatable bonds is 4. The lowest BCUT2D eigenvalue weighted by Gasteiger charge is -2.11. The average molecular weight is 323 g/mol. The van der Waals surface area contributed by atoms with Gasteiger partial charge in [-0.15, -0.1) is 0 Å². The molecule has 19 heavy (non-hydrogen) atoms. The van der Waals surface area contributed by atoms with Crippen LogP contribution in [0.5, 0.6) is 11.5 Å². The van der Waals surface area contributed by atoms with Crippen molar-refractivity contribution in [2.75, 3.05) is 25.3 Å². The Morgan fingerprint density at radius 2 is 1.53 bits per heavy atom. The molecule has 0 amide bonds. The zero-order valence-corrected chi connectivity index (χ0v) is 12.3. The third-order valence-electron chi connectivity index (χ3n) is 2.67. The highest BCUT2D eigenvalue weighted by atomic mass is 79.9. The van der Waals surface area contributed by atoms with E-state index in [4.69, 9.17) is 15.2 Å². The van der Waals surface area contributed by atoms with Crippen LogP contribution in [0.4, 0.5) is 17.1 Å². The van der Waals surface area contributed by atoms with Gasteiger partial charge < -0.3 is 20.5 Å². The molecular weight excluding hydrogens is 308 g/mol. The maximum atomic E-state index is 5.78. The summed E-state index contributed by atoms with van der Waals surface area (Å²) in [5.41, 5.74) is 8.21. The Balaban J connectivity index is 2.25. The number of anilines is 3. The predicted molar refractivity (Wildman–Crippen MR) is 81.4 cm³/mol. The number of nitrogens with two attached hydrogens (primary N) is 1. The summed E-state index contributed by atoms with van der Waals surface area (Å²) in [6, 6.07) is 11.3. The van der Waals surface area contributed by atoms with Gasteiger partial charge in [0.2, 0.25) is 0 Å². The molecule has 0 fully saturated rings. The van der Waals surface area contributed by atoms with Gasteiger partial charge in [-0.2, -0.15) is 0 Å². The van der Waals surface area contributed by atoms with Gasteiger partial charge >= 0.3 is 0 Å². The van der Waals surface area contributed by atoms with Crippen LogP contribution in [0.25, 0.3) is 0 Å². The number of nitrogen functional groups attached to an aromatic ring is 1. The normalized spacial score (nSPS) is 10.1.